The van der Waals surface area contributed by atoms with E-state index in [1.165, 1.54) is 7.11 Å². The van der Waals surface area contributed by atoms with Crippen molar-refractivity contribution in [2.75, 3.05) is 13.7 Å². The predicted molar refractivity (Wildman–Crippen MR) is 56.6 cm³/mol. The van der Waals surface area contributed by atoms with Gasteiger partial charge in [0, 0.05) is 13.5 Å². The third-order valence-corrected chi connectivity index (χ3v) is 2.75. The van der Waals surface area contributed by atoms with Gasteiger partial charge in [0.05, 0.1) is 22.8 Å². The molecule has 17 heavy (non-hydrogen) atoms. The number of hydrogen-bond acceptors (Lipinski definition) is 5. The number of ether oxygens (including phenoxy) is 2. The summed E-state index contributed by atoms with van der Waals surface area (Å²) in [5, 5.41) is 11.2. The van der Waals surface area contributed by atoms with Gasteiger partial charge in [-0.15, -0.1) is 0 Å². The number of urea groups is 1. The first-order valence-electron chi connectivity index (χ1n) is 4.74. The molecule has 1 saturated heterocycles. The lowest BCUT2D eigenvalue weighted by Gasteiger charge is -2.30. The number of imide groups is 1. The van der Waals surface area contributed by atoms with Crippen LogP contribution in [0.4, 0.5) is 9.18 Å². The number of carbonyl (C=O) groups is 2. The molecule has 3 amide bonds. The molecule has 0 aromatic heterocycles. The van der Waals surface area contributed by atoms with Crippen LogP contribution < -0.4 is 5.32 Å². The van der Waals surface area contributed by atoms with Crippen molar-refractivity contribution in [3.63, 3.8) is 0 Å². The average Bonchev–Trinajstić information content (AvgIpc) is 2.32. The van der Waals surface area contributed by atoms with Crippen LogP contribution in [-0.4, -0.2) is 53.4 Å². The van der Waals surface area contributed by atoms with Crippen molar-refractivity contribution < 1.29 is 28.6 Å². The molecule has 0 radical (unpaired) electrons. The molecule has 0 bridgehead atoms. The second-order valence-electron chi connectivity index (χ2n) is 3.24. The Hall–Kier alpha value is -0.770. The second-order valence-corrected chi connectivity index (χ2v) is 3.95. The molecule has 1 aliphatic heterocycles. The van der Waals surface area contributed by atoms with Crippen LogP contribution in [0.25, 0.3) is 0 Å². The van der Waals surface area contributed by atoms with Gasteiger partial charge in [-0.25, -0.2) is 9.18 Å². The summed E-state index contributed by atoms with van der Waals surface area (Å²) in [7, 11) is 1.30. The fourth-order valence-electron chi connectivity index (χ4n) is 1.13. The van der Waals surface area contributed by atoms with Crippen LogP contribution in [0.15, 0.2) is 0 Å². The van der Waals surface area contributed by atoms with Gasteiger partial charge in [-0.1, -0.05) is 0 Å². The van der Waals surface area contributed by atoms with Crippen molar-refractivity contribution in [1.82, 2.24) is 9.24 Å². The van der Waals surface area contributed by atoms with E-state index in [-0.39, 0.29) is 13.0 Å². The molecule has 0 saturated carbocycles. The molecule has 1 fully saturated rings. The molecule has 0 aliphatic carbocycles. The van der Waals surface area contributed by atoms with Gasteiger partial charge in [0.15, 0.2) is 12.5 Å². The Morgan fingerprint density at radius 3 is 2.88 bits per heavy atom. The number of rotatable bonds is 5. The van der Waals surface area contributed by atoms with Crippen molar-refractivity contribution >= 4 is 28.1 Å². The number of aliphatic hydroxyl groups is 1. The predicted octanol–water partition coefficient (Wildman–Crippen LogP) is -0.116. The van der Waals surface area contributed by atoms with Crippen LogP contribution in [0.3, 0.4) is 0 Å². The van der Waals surface area contributed by atoms with E-state index >= 15 is 0 Å². The average molecular weight is 315 g/mol. The highest BCUT2D eigenvalue weighted by Gasteiger charge is 2.41. The summed E-state index contributed by atoms with van der Waals surface area (Å²) in [6.45, 7) is -0.0596. The smallest absolute Gasteiger partial charge is 0.336 e. The van der Waals surface area contributed by atoms with Crippen LogP contribution in [0.2, 0.25) is 0 Å². The van der Waals surface area contributed by atoms with E-state index in [0.29, 0.717) is 3.93 Å². The van der Waals surface area contributed by atoms with Crippen LogP contribution in [0.5, 0.6) is 0 Å². The maximum Gasteiger partial charge on any atom is 0.336 e. The Balaban J connectivity index is 2.43. The van der Waals surface area contributed by atoms with Gasteiger partial charge in [-0.3, -0.25) is 4.79 Å². The maximum absolute atomic E-state index is 13.4. The quantitative estimate of drug-likeness (QED) is 0.546. The summed E-state index contributed by atoms with van der Waals surface area (Å²) in [4.78, 5) is 22.3. The molecule has 7 nitrogen and oxygen atoms in total. The fourth-order valence-corrected chi connectivity index (χ4v) is 1.43. The Bertz CT molecular complexity index is 306. The van der Waals surface area contributed by atoms with Crippen LogP contribution in [-0.2, 0) is 14.3 Å². The van der Waals surface area contributed by atoms with Gasteiger partial charge in [0.1, 0.15) is 0 Å². The van der Waals surface area contributed by atoms with Crippen molar-refractivity contribution in [1.29, 1.82) is 0 Å². The molecule has 3 atom stereocenters. The second kappa shape index (κ2) is 6.24. The summed E-state index contributed by atoms with van der Waals surface area (Å²) >= 11 is 2.61. The van der Waals surface area contributed by atoms with Crippen molar-refractivity contribution in [3.05, 3.63) is 0 Å². The summed E-state index contributed by atoms with van der Waals surface area (Å²) in [6.07, 6.45) is -4.28. The fraction of sp³-hybridized carbons (Fsp3) is 0.750. The number of carbonyl (C=O) groups excluding carboxylic acids is 2. The normalized spacial score (nSPS) is 26.9. The largest absolute Gasteiger partial charge is 0.368 e. The molecule has 1 heterocycles. The monoisotopic (exact) mass is 314 g/mol. The first kappa shape index (κ1) is 14.3. The molecule has 0 aromatic rings. The lowest BCUT2D eigenvalue weighted by atomic mass is 10.2. The molecule has 1 unspecified atom stereocenters. The number of methoxy groups -OCH3 is 1. The SMILES string of the molecule is COC(O)CCO[C@@H]1NC(=O)N(Br)C(=O)[C@H]1F. The van der Waals surface area contributed by atoms with Gasteiger partial charge in [-0.2, -0.15) is 3.93 Å². The van der Waals surface area contributed by atoms with Gasteiger partial charge < -0.3 is 19.9 Å². The minimum atomic E-state index is -1.99. The molecular formula is C8H12BrFN2O5. The van der Waals surface area contributed by atoms with E-state index < -0.39 is 30.6 Å². The molecule has 0 aromatic carbocycles. The number of alkyl halides is 1. The minimum absolute atomic E-state index is 0.0596. The maximum atomic E-state index is 13.4. The lowest BCUT2D eigenvalue weighted by Crippen LogP contribution is -2.59. The Morgan fingerprint density at radius 1 is 1.65 bits per heavy atom. The Labute approximate surface area is 105 Å². The van der Waals surface area contributed by atoms with Crippen molar-refractivity contribution in [3.8, 4) is 0 Å². The van der Waals surface area contributed by atoms with Crippen molar-refractivity contribution in [2.45, 2.75) is 25.1 Å². The van der Waals surface area contributed by atoms with Crippen LogP contribution in [0, 0.1) is 0 Å². The van der Waals surface area contributed by atoms with E-state index in [1.807, 2.05) is 0 Å². The summed E-state index contributed by atoms with van der Waals surface area (Å²) in [6, 6.07) is -0.804. The lowest BCUT2D eigenvalue weighted by molar-refractivity contribution is -0.142. The van der Waals surface area contributed by atoms with Gasteiger partial charge in [0.2, 0.25) is 6.17 Å². The molecule has 98 valence electrons. The zero-order valence-electron chi connectivity index (χ0n) is 8.93. The summed E-state index contributed by atoms with van der Waals surface area (Å²) in [5.41, 5.74) is 0. The summed E-state index contributed by atoms with van der Waals surface area (Å²) in [5.74, 6) is -1.04. The van der Waals surface area contributed by atoms with E-state index in [9.17, 15) is 14.0 Å². The van der Waals surface area contributed by atoms with Crippen LogP contribution in [0.1, 0.15) is 6.42 Å². The molecule has 2 N–H and O–H groups in total. The molecule has 1 rings (SSSR count). The highest BCUT2D eigenvalue weighted by Crippen LogP contribution is 2.16. The molecule has 1 aliphatic rings. The summed E-state index contributed by atoms with van der Waals surface area (Å²) < 4.78 is 23.4. The van der Waals surface area contributed by atoms with Gasteiger partial charge in [-0.05, 0) is 0 Å². The molecule has 0 spiro atoms. The highest BCUT2D eigenvalue weighted by molar-refractivity contribution is 9.08. The number of hydrogen-bond donors (Lipinski definition) is 2. The first-order chi connectivity index (χ1) is 7.97. The standard InChI is InChI=1S/C8H12BrFN2O5/c1-16-4(13)2-3-17-6-5(10)7(14)12(9)8(15)11-6/h4-6,13H,2-3H2,1H3,(H,11,15)/t4?,5-,6-/m0/s1. The number of amides is 3. The Morgan fingerprint density at radius 2 is 2.29 bits per heavy atom. The van der Waals surface area contributed by atoms with E-state index in [0.717, 1.165) is 0 Å². The van der Waals surface area contributed by atoms with E-state index in [2.05, 4.69) is 26.2 Å². The third-order valence-electron chi connectivity index (χ3n) is 2.07. The van der Waals surface area contributed by atoms with Gasteiger partial charge >= 0.3 is 6.03 Å². The Kier molecular flexibility index (Phi) is 5.25. The number of aliphatic hydroxyl groups excluding tert-OH is 1. The zero-order chi connectivity index (χ0) is 13.0. The van der Waals surface area contributed by atoms with Gasteiger partial charge in [0.25, 0.3) is 5.91 Å². The number of nitrogens with zero attached hydrogens (tertiary/aromatic N) is 1. The number of halogens is 2. The van der Waals surface area contributed by atoms with Crippen LogP contribution >= 0.6 is 16.1 Å². The number of nitrogens with one attached hydrogen (secondary N) is 1. The minimum Gasteiger partial charge on any atom is -0.368 e. The first-order valence-corrected chi connectivity index (χ1v) is 5.45. The van der Waals surface area contributed by atoms with E-state index in [4.69, 9.17) is 9.84 Å². The topological polar surface area (TPSA) is 88.1 Å². The van der Waals surface area contributed by atoms with E-state index in [1.54, 1.807) is 0 Å². The third kappa shape index (κ3) is 3.60. The zero-order valence-corrected chi connectivity index (χ0v) is 10.5. The highest BCUT2D eigenvalue weighted by atomic mass is 79.9. The molecule has 9 heteroatoms. The van der Waals surface area contributed by atoms with Crippen molar-refractivity contribution in [2.24, 2.45) is 0 Å². The molecular weight excluding hydrogens is 303 g/mol.